The number of methoxy groups -OCH3 is 3. The summed E-state index contributed by atoms with van der Waals surface area (Å²) in [6, 6.07) is 15.5. The van der Waals surface area contributed by atoms with Gasteiger partial charge in [-0.05, 0) is 59.2 Å². The molecule has 1 aliphatic carbocycles. The number of amides is 2. The molecule has 0 bridgehead atoms. The molecule has 0 spiro atoms. The highest BCUT2D eigenvalue weighted by Crippen LogP contribution is 2.50. The van der Waals surface area contributed by atoms with Gasteiger partial charge < -0.3 is 34.7 Å². The van der Waals surface area contributed by atoms with Crippen molar-refractivity contribution in [2.45, 2.75) is 65.1 Å². The Morgan fingerprint density at radius 1 is 1.02 bits per heavy atom. The van der Waals surface area contributed by atoms with Gasteiger partial charge in [-0.15, -0.1) is 0 Å². The Kier molecular flexibility index (Phi) is 11.2. The largest absolute Gasteiger partial charge is 0.493 e. The zero-order chi connectivity index (χ0) is 35.1. The Morgan fingerprint density at radius 2 is 1.78 bits per heavy atom. The second kappa shape index (κ2) is 15.7. The van der Waals surface area contributed by atoms with Gasteiger partial charge in [0.1, 0.15) is 6.04 Å². The molecular formula is C37H43N5O7. The van der Waals surface area contributed by atoms with E-state index in [0.29, 0.717) is 59.9 Å². The van der Waals surface area contributed by atoms with E-state index in [1.54, 1.807) is 20.3 Å². The molecule has 0 fully saturated rings. The Hall–Kier alpha value is -5.39. The maximum Gasteiger partial charge on any atom is 0.246 e. The molecule has 1 aliphatic rings. The summed E-state index contributed by atoms with van der Waals surface area (Å²) in [5, 5.41) is 13.2. The lowest BCUT2D eigenvalue weighted by Crippen LogP contribution is -2.44. The summed E-state index contributed by atoms with van der Waals surface area (Å²) in [7, 11) is 4.65. The molecule has 4 aromatic rings. The Morgan fingerprint density at radius 3 is 2.45 bits per heavy atom. The number of nitrogens with one attached hydrogen (secondary N) is 3. The third kappa shape index (κ3) is 7.85. The highest BCUT2D eigenvalue weighted by molar-refractivity contribution is 5.86. The first kappa shape index (κ1) is 34.9. The van der Waals surface area contributed by atoms with Gasteiger partial charge in [-0.3, -0.25) is 14.4 Å². The van der Waals surface area contributed by atoms with Crippen LogP contribution in [0.15, 0.2) is 63.9 Å². The first-order valence-corrected chi connectivity index (χ1v) is 16.3. The van der Waals surface area contributed by atoms with Crippen LogP contribution in [0, 0.1) is 5.92 Å². The Labute approximate surface area is 285 Å². The van der Waals surface area contributed by atoms with Crippen molar-refractivity contribution in [1.82, 2.24) is 20.8 Å². The quantitative estimate of drug-likeness (QED) is 0.178. The van der Waals surface area contributed by atoms with Gasteiger partial charge in [0, 0.05) is 18.9 Å². The van der Waals surface area contributed by atoms with Gasteiger partial charge in [0.15, 0.2) is 17.3 Å². The van der Waals surface area contributed by atoms with Gasteiger partial charge in [-0.1, -0.05) is 61.8 Å². The first-order valence-electron chi connectivity index (χ1n) is 16.3. The van der Waals surface area contributed by atoms with Crippen molar-refractivity contribution in [2.75, 3.05) is 26.6 Å². The second-order valence-corrected chi connectivity index (χ2v) is 12.1. The molecule has 0 aliphatic heterocycles. The van der Waals surface area contributed by atoms with Crippen LogP contribution in [0.4, 0.5) is 5.69 Å². The van der Waals surface area contributed by atoms with Crippen LogP contribution in [0.5, 0.6) is 17.2 Å². The topological polar surface area (TPSA) is 154 Å². The number of hydrogen-bond donors (Lipinski definition) is 3. The minimum absolute atomic E-state index is 0.0383. The maximum atomic E-state index is 13.9. The SMILES string of the molecule is CC[C@@H](C)[C@H](Nc1ccc2c(cc1=O)[C@@H](NC(C)=O)CCc1cc(OC)c(OC)c(OC)c1-2)C(=O)NCc1nc(Cc2ccccc2)no1. The molecule has 0 unspecified atom stereocenters. The molecule has 3 atom stereocenters. The Balaban J connectivity index is 1.47. The van der Waals surface area contributed by atoms with E-state index >= 15 is 0 Å². The molecule has 1 aromatic heterocycles. The number of ether oxygens (including phenoxy) is 3. The molecule has 12 nitrogen and oxygen atoms in total. The van der Waals surface area contributed by atoms with Crippen LogP contribution < -0.4 is 35.6 Å². The van der Waals surface area contributed by atoms with Crippen molar-refractivity contribution >= 4 is 17.5 Å². The van der Waals surface area contributed by atoms with Gasteiger partial charge in [0.05, 0.1) is 39.6 Å². The number of nitrogens with zero attached hydrogens (tertiary/aromatic N) is 2. The number of benzene rings is 2. The number of carbonyl (C=O) groups is 2. The average molecular weight is 670 g/mol. The smallest absolute Gasteiger partial charge is 0.246 e. The van der Waals surface area contributed by atoms with Gasteiger partial charge in [-0.2, -0.15) is 4.98 Å². The summed E-state index contributed by atoms with van der Waals surface area (Å²) in [6.45, 7) is 5.41. The van der Waals surface area contributed by atoms with E-state index in [-0.39, 0.29) is 41.3 Å². The van der Waals surface area contributed by atoms with Crippen LogP contribution in [-0.4, -0.2) is 49.3 Å². The number of aromatic nitrogens is 2. The molecule has 0 saturated heterocycles. The van der Waals surface area contributed by atoms with E-state index in [2.05, 4.69) is 26.1 Å². The van der Waals surface area contributed by atoms with Gasteiger partial charge >= 0.3 is 0 Å². The minimum Gasteiger partial charge on any atom is -0.493 e. The van der Waals surface area contributed by atoms with Crippen molar-refractivity contribution in [1.29, 1.82) is 0 Å². The van der Waals surface area contributed by atoms with Crippen LogP contribution in [0.1, 0.15) is 68.1 Å². The third-order valence-corrected chi connectivity index (χ3v) is 8.85. The van der Waals surface area contributed by atoms with E-state index in [1.165, 1.54) is 20.1 Å². The van der Waals surface area contributed by atoms with E-state index in [1.807, 2.05) is 56.3 Å². The molecule has 0 radical (unpaired) electrons. The molecule has 258 valence electrons. The fraction of sp³-hybridized carbons (Fsp3) is 0.378. The number of carbonyl (C=O) groups excluding carboxylic acids is 2. The first-order chi connectivity index (χ1) is 23.7. The van der Waals surface area contributed by atoms with Crippen LogP contribution in [0.25, 0.3) is 11.1 Å². The predicted molar refractivity (Wildman–Crippen MR) is 185 cm³/mol. The maximum absolute atomic E-state index is 13.9. The number of anilines is 1. The molecule has 5 rings (SSSR count). The van der Waals surface area contributed by atoms with E-state index in [4.69, 9.17) is 18.7 Å². The van der Waals surface area contributed by atoms with Crippen LogP contribution in [0.2, 0.25) is 0 Å². The zero-order valence-corrected chi connectivity index (χ0v) is 28.7. The van der Waals surface area contributed by atoms with Crippen molar-refractivity contribution in [3.63, 3.8) is 0 Å². The normalized spacial score (nSPS) is 14.7. The molecule has 3 aromatic carbocycles. The summed E-state index contributed by atoms with van der Waals surface area (Å²) in [5.41, 5.74) is 3.94. The zero-order valence-electron chi connectivity index (χ0n) is 28.7. The van der Waals surface area contributed by atoms with Gasteiger partial charge in [-0.25, -0.2) is 0 Å². The highest BCUT2D eigenvalue weighted by Gasteiger charge is 2.30. The summed E-state index contributed by atoms with van der Waals surface area (Å²) < 4.78 is 22.6. The fourth-order valence-electron chi connectivity index (χ4n) is 6.18. The molecule has 1 heterocycles. The summed E-state index contributed by atoms with van der Waals surface area (Å²) in [4.78, 5) is 44.3. The van der Waals surface area contributed by atoms with Crippen molar-refractivity contribution < 1.29 is 28.3 Å². The molecule has 2 amide bonds. The number of fused-ring (bicyclic) bond motifs is 3. The van der Waals surface area contributed by atoms with E-state index in [0.717, 1.165) is 16.7 Å². The van der Waals surface area contributed by atoms with Gasteiger partial charge in [0.2, 0.25) is 28.9 Å². The Bertz CT molecular complexity index is 1860. The van der Waals surface area contributed by atoms with Crippen LogP contribution in [0.3, 0.4) is 0 Å². The summed E-state index contributed by atoms with van der Waals surface area (Å²) in [6.07, 6.45) is 2.30. The van der Waals surface area contributed by atoms with Gasteiger partial charge in [0.25, 0.3) is 0 Å². The molecule has 12 heteroatoms. The van der Waals surface area contributed by atoms with Crippen molar-refractivity contribution in [3.8, 4) is 28.4 Å². The fourth-order valence-corrected chi connectivity index (χ4v) is 6.18. The number of aryl methyl sites for hydroxylation is 1. The van der Waals surface area contributed by atoms with E-state index < -0.39 is 12.1 Å². The molecule has 3 N–H and O–H groups in total. The number of rotatable bonds is 13. The van der Waals surface area contributed by atoms with Crippen molar-refractivity contribution in [3.05, 3.63) is 93.2 Å². The lowest BCUT2D eigenvalue weighted by Gasteiger charge is -2.23. The van der Waals surface area contributed by atoms with Crippen LogP contribution in [-0.2, 0) is 29.0 Å². The molecular weight excluding hydrogens is 626 g/mol. The average Bonchev–Trinajstić information content (AvgIpc) is 3.42. The summed E-state index contributed by atoms with van der Waals surface area (Å²) in [5.74, 6) is 1.52. The standard InChI is InChI=1S/C37H43N5O7/c1-7-21(2)34(37(45)38-20-32-41-31(42-49-32)17-23-11-9-8-10-12-23)40-28-16-14-25-26(19-29(28)44)27(39-22(3)43)15-13-24-18-30(46-4)35(47-5)36(48-6)33(24)25/h8-12,14,16,18-19,21,27,34H,7,13,15,17,20H2,1-6H3,(H,38,45)(H,39,43)(H,40,44)/t21-,27+,34+/m1/s1. The second-order valence-electron chi connectivity index (χ2n) is 12.1. The summed E-state index contributed by atoms with van der Waals surface area (Å²) >= 11 is 0. The van der Waals surface area contributed by atoms with Crippen molar-refractivity contribution in [2.24, 2.45) is 5.92 Å². The highest BCUT2D eigenvalue weighted by atomic mass is 16.5. The lowest BCUT2D eigenvalue weighted by atomic mass is 9.95. The number of hydrogen-bond acceptors (Lipinski definition) is 10. The monoisotopic (exact) mass is 669 g/mol. The van der Waals surface area contributed by atoms with Crippen LogP contribution >= 0.6 is 0 Å². The molecule has 49 heavy (non-hydrogen) atoms. The lowest BCUT2D eigenvalue weighted by molar-refractivity contribution is -0.123. The third-order valence-electron chi connectivity index (χ3n) is 8.85. The minimum atomic E-state index is -0.746. The van der Waals surface area contributed by atoms with E-state index in [9.17, 15) is 14.4 Å². The predicted octanol–water partition coefficient (Wildman–Crippen LogP) is 4.98. The molecule has 0 saturated carbocycles.